The van der Waals surface area contributed by atoms with E-state index >= 15 is 0 Å². The summed E-state index contributed by atoms with van der Waals surface area (Å²) in [6.07, 6.45) is 0. The molecular weight excluding hydrogens is 490 g/mol. The number of hydrogen-bond acceptors (Lipinski definition) is 6. The minimum absolute atomic E-state index is 0.0182. The number of halogens is 2. The number of hydrogen-bond donors (Lipinski definition) is 2. The second-order valence-corrected chi connectivity index (χ2v) is 10.1. The van der Waals surface area contributed by atoms with Crippen LogP contribution in [0.2, 0.25) is 0 Å². The molecular formula is C30H30F2N2O4. The second kappa shape index (κ2) is 10.8. The topological polar surface area (TPSA) is 76.7 Å². The Balaban J connectivity index is 1.67. The normalized spacial score (nSPS) is 13.2. The standard InChI is InChI=1S/C30H30F2N2O4/c1-17(19-11-14-23(31)24(32)16-19)33-25(18-9-12-22(37-5)13-10-18)20-7-6-8-21(15-20)34-26-27(35)28(36)29(26)38-30(2,3)4/h6-17,25,33-34H,1-5H3. The van der Waals surface area contributed by atoms with Gasteiger partial charge in [0.2, 0.25) is 0 Å². The molecule has 2 atom stereocenters. The lowest BCUT2D eigenvalue weighted by molar-refractivity contribution is 0.128. The SMILES string of the molecule is COc1ccc(C(NC(C)c2ccc(F)c(F)c2)c2cccc(Nc3c(OC(C)(C)C)c(=O)c3=O)c2)cc1. The minimum atomic E-state index is -0.912. The zero-order valence-electron chi connectivity index (χ0n) is 21.9. The third-order valence-corrected chi connectivity index (χ3v) is 6.07. The van der Waals surface area contributed by atoms with Crippen LogP contribution in [0.3, 0.4) is 0 Å². The molecule has 0 spiro atoms. The Hall–Kier alpha value is -4.04. The van der Waals surface area contributed by atoms with Crippen molar-refractivity contribution in [3.8, 4) is 11.5 Å². The van der Waals surface area contributed by atoms with Gasteiger partial charge in [0, 0.05) is 11.7 Å². The maximum atomic E-state index is 13.9. The molecule has 198 valence electrons. The molecule has 4 rings (SSSR count). The highest BCUT2D eigenvalue weighted by Gasteiger charge is 2.27. The molecule has 0 aliphatic carbocycles. The van der Waals surface area contributed by atoms with Gasteiger partial charge in [-0.05, 0) is 80.8 Å². The second-order valence-electron chi connectivity index (χ2n) is 10.1. The van der Waals surface area contributed by atoms with Crippen LogP contribution in [0, 0.1) is 11.6 Å². The van der Waals surface area contributed by atoms with Gasteiger partial charge < -0.3 is 14.8 Å². The zero-order valence-corrected chi connectivity index (χ0v) is 21.9. The molecule has 0 saturated heterocycles. The maximum absolute atomic E-state index is 13.9. The van der Waals surface area contributed by atoms with Gasteiger partial charge in [0.15, 0.2) is 17.4 Å². The van der Waals surface area contributed by atoms with E-state index in [4.69, 9.17) is 9.47 Å². The van der Waals surface area contributed by atoms with E-state index in [2.05, 4.69) is 10.6 Å². The van der Waals surface area contributed by atoms with Crippen molar-refractivity contribution in [1.29, 1.82) is 0 Å². The van der Waals surface area contributed by atoms with E-state index in [1.54, 1.807) is 40.0 Å². The van der Waals surface area contributed by atoms with Crippen LogP contribution in [0.15, 0.2) is 76.3 Å². The number of rotatable bonds is 9. The van der Waals surface area contributed by atoms with Gasteiger partial charge in [-0.2, -0.15) is 0 Å². The molecule has 4 aromatic carbocycles. The van der Waals surface area contributed by atoms with Gasteiger partial charge in [-0.15, -0.1) is 0 Å². The first-order valence-corrected chi connectivity index (χ1v) is 12.2. The quantitative estimate of drug-likeness (QED) is 0.267. The van der Waals surface area contributed by atoms with Crippen LogP contribution in [0.1, 0.15) is 56.5 Å². The Labute approximate surface area is 219 Å². The van der Waals surface area contributed by atoms with E-state index in [1.165, 1.54) is 6.07 Å². The molecule has 0 saturated carbocycles. The fourth-order valence-corrected chi connectivity index (χ4v) is 4.14. The molecule has 0 aromatic heterocycles. The summed E-state index contributed by atoms with van der Waals surface area (Å²) in [6, 6.07) is 18.0. The summed E-state index contributed by atoms with van der Waals surface area (Å²) in [5.41, 5.74) is 1.11. The molecule has 0 aliphatic heterocycles. The third-order valence-electron chi connectivity index (χ3n) is 6.07. The number of ether oxygens (including phenoxy) is 2. The Bertz CT molecular complexity index is 1500. The highest BCUT2D eigenvalue weighted by molar-refractivity contribution is 5.70. The van der Waals surface area contributed by atoms with Crippen molar-refractivity contribution in [1.82, 2.24) is 5.32 Å². The Morgan fingerprint density at radius 3 is 2.13 bits per heavy atom. The molecule has 6 nitrogen and oxygen atoms in total. The lowest BCUT2D eigenvalue weighted by atomic mass is 9.96. The van der Waals surface area contributed by atoms with Crippen molar-refractivity contribution in [2.24, 2.45) is 0 Å². The van der Waals surface area contributed by atoms with Crippen molar-refractivity contribution in [3.05, 3.63) is 116 Å². The average molecular weight is 521 g/mol. The molecule has 0 bridgehead atoms. The van der Waals surface area contributed by atoms with E-state index in [0.717, 1.165) is 17.2 Å². The van der Waals surface area contributed by atoms with Crippen molar-refractivity contribution >= 4 is 11.4 Å². The third kappa shape index (κ3) is 5.92. The molecule has 0 radical (unpaired) electrons. The first-order chi connectivity index (χ1) is 18.0. The summed E-state index contributed by atoms with van der Waals surface area (Å²) in [6.45, 7) is 7.26. The van der Waals surface area contributed by atoms with E-state index in [1.807, 2.05) is 49.4 Å². The van der Waals surface area contributed by atoms with Crippen LogP contribution in [0.4, 0.5) is 20.2 Å². The maximum Gasteiger partial charge on any atom is 0.272 e. The van der Waals surface area contributed by atoms with Crippen molar-refractivity contribution in [2.75, 3.05) is 12.4 Å². The summed E-state index contributed by atoms with van der Waals surface area (Å²) in [4.78, 5) is 24.4. The molecule has 2 N–H and O–H groups in total. The van der Waals surface area contributed by atoms with E-state index in [9.17, 15) is 18.4 Å². The Kier molecular flexibility index (Phi) is 7.64. The van der Waals surface area contributed by atoms with Gasteiger partial charge in [0.25, 0.3) is 10.9 Å². The lowest BCUT2D eigenvalue weighted by Crippen LogP contribution is -2.39. The summed E-state index contributed by atoms with van der Waals surface area (Å²) in [5.74, 6) is -1.10. The highest BCUT2D eigenvalue weighted by Crippen LogP contribution is 2.31. The van der Waals surface area contributed by atoms with Crippen LogP contribution < -0.4 is 31.0 Å². The van der Waals surface area contributed by atoms with Crippen molar-refractivity contribution in [2.45, 2.75) is 45.4 Å². The number of anilines is 2. The van der Waals surface area contributed by atoms with Gasteiger partial charge in [0.1, 0.15) is 17.0 Å². The van der Waals surface area contributed by atoms with Gasteiger partial charge in [0.05, 0.1) is 13.2 Å². The molecule has 2 unspecified atom stereocenters. The summed E-state index contributed by atoms with van der Waals surface area (Å²) in [7, 11) is 1.59. The predicted octanol–water partition coefficient (Wildman–Crippen LogP) is 5.93. The van der Waals surface area contributed by atoms with E-state index < -0.39 is 28.1 Å². The van der Waals surface area contributed by atoms with Crippen molar-refractivity contribution < 1.29 is 18.3 Å². The molecule has 0 heterocycles. The molecule has 0 aliphatic rings. The van der Waals surface area contributed by atoms with Gasteiger partial charge >= 0.3 is 0 Å². The minimum Gasteiger partial charge on any atom is -0.497 e. The molecule has 38 heavy (non-hydrogen) atoms. The van der Waals surface area contributed by atoms with Crippen molar-refractivity contribution in [3.63, 3.8) is 0 Å². The predicted molar refractivity (Wildman–Crippen MR) is 144 cm³/mol. The van der Waals surface area contributed by atoms with Crippen LogP contribution in [0.5, 0.6) is 11.5 Å². The molecule has 4 aromatic rings. The van der Waals surface area contributed by atoms with Gasteiger partial charge in [-0.25, -0.2) is 8.78 Å². The smallest absolute Gasteiger partial charge is 0.272 e. The fourth-order valence-electron chi connectivity index (χ4n) is 4.14. The average Bonchev–Trinajstić information content (AvgIpc) is 2.90. The van der Waals surface area contributed by atoms with Gasteiger partial charge in [-0.1, -0.05) is 30.3 Å². The fraction of sp³-hybridized carbons (Fsp3) is 0.267. The lowest BCUT2D eigenvalue weighted by Gasteiger charge is -2.26. The monoisotopic (exact) mass is 520 g/mol. The summed E-state index contributed by atoms with van der Waals surface area (Å²) < 4.78 is 38.4. The van der Waals surface area contributed by atoms with E-state index in [0.29, 0.717) is 17.0 Å². The van der Waals surface area contributed by atoms with Gasteiger partial charge in [-0.3, -0.25) is 14.9 Å². The van der Waals surface area contributed by atoms with Crippen LogP contribution in [-0.4, -0.2) is 12.7 Å². The largest absolute Gasteiger partial charge is 0.497 e. The molecule has 0 amide bonds. The van der Waals surface area contributed by atoms with E-state index in [-0.39, 0.29) is 23.5 Å². The van der Waals surface area contributed by atoms with Crippen LogP contribution >= 0.6 is 0 Å². The number of methoxy groups -OCH3 is 1. The zero-order chi connectivity index (χ0) is 27.6. The number of nitrogens with one attached hydrogen (secondary N) is 2. The molecule has 0 fully saturated rings. The molecule has 8 heteroatoms. The highest BCUT2D eigenvalue weighted by atomic mass is 19.2. The summed E-state index contributed by atoms with van der Waals surface area (Å²) in [5, 5.41) is 6.54. The summed E-state index contributed by atoms with van der Waals surface area (Å²) >= 11 is 0. The van der Waals surface area contributed by atoms with Crippen LogP contribution in [0.25, 0.3) is 0 Å². The first-order valence-electron chi connectivity index (χ1n) is 12.2. The Morgan fingerprint density at radius 2 is 1.50 bits per heavy atom. The van der Waals surface area contributed by atoms with Crippen LogP contribution in [-0.2, 0) is 0 Å². The first kappa shape index (κ1) is 27.0. The Morgan fingerprint density at radius 1 is 0.816 bits per heavy atom. The number of benzene rings is 3.